The number of guanidine groups is 1. The minimum absolute atomic E-state index is 0.0204. The number of carbonyl (C=O) groups is 1. The highest BCUT2D eigenvalue weighted by molar-refractivity contribution is 5.80. The molecule has 1 aromatic carbocycles. The zero-order valence-electron chi connectivity index (χ0n) is 15.3. The van der Waals surface area contributed by atoms with Crippen molar-refractivity contribution in [3.05, 3.63) is 29.8 Å². The minimum atomic E-state index is -0.272. The third-order valence-corrected chi connectivity index (χ3v) is 3.45. The van der Waals surface area contributed by atoms with Gasteiger partial charge in [-0.3, -0.25) is 9.79 Å². The number of methoxy groups -OCH3 is 1. The number of hydrogen-bond donors (Lipinski definition) is 2. The Morgan fingerprint density at radius 2 is 1.96 bits per heavy atom. The van der Waals surface area contributed by atoms with Crippen LogP contribution in [0.5, 0.6) is 5.75 Å². The van der Waals surface area contributed by atoms with E-state index in [-0.39, 0.29) is 18.0 Å². The van der Waals surface area contributed by atoms with Gasteiger partial charge < -0.3 is 20.1 Å². The van der Waals surface area contributed by atoms with Crippen LogP contribution in [0.25, 0.3) is 0 Å². The molecule has 0 saturated heterocycles. The molecule has 2 atom stereocenters. The Kier molecular flexibility index (Phi) is 8.68. The van der Waals surface area contributed by atoms with Crippen LogP contribution in [0.2, 0.25) is 0 Å². The maximum absolute atomic E-state index is 11.4. The van der Waals surface area contributed by atoms with Crippen molar-refractivity contribution in [2.24, 2.45) is 10.9 Å². The first-order valence-corrected chi connectivity index (χ1v) is 8.30. The number of aliphatic imine (C=N–C) groups is 1. The number of aryl methyl sites for hydroxylation is 1. The van der Waals surface area contributed by atoms with Gasteiger partial charge in [-0.1, -0.05) is 25.1 Å². The first kappa shape index (κ1) is 19.8. The summed E-state index contributed by atoms with van der Waals surface area (Å²) < 4.78 is 10.6. The summed E-state index contributed by atoms with van der Waals surface area (Å²) in [6.45, 7) is 9.53. The van der Waals surface area contributed by atoms with Crippen molar-refractivity contribution in [3.63, 3.8) is 0 Å². The Morgan fingerprint density at radius 1 is 1.25 bits per heavy atom. The second-order valence-electron chi connectivity index (χ2n) is 5.72. The van der Waals surface area contributed by atoms with Gasteiger partial charge in [-0.15, -0.1) is 0 Å². The lowest BCUT2D eigenvalue weighted by atomic mass is 10.2. The number of hydrogen-bond acceptors (Lipinski definition) is 4. The Balaban J connectivity index is 2.53. The molecule has 0 fully saturated rings. The molecule has 134 valence electrons. The fourth-order valence-corrected chi connectivity index (χ4v) is 2.03. The lowest BCUT2D eigenvalue weighted by molar-refractivity contribution is -0.144. The summed E-state index contributed by atoms with van der Waals surface area (Å²) in [6.07, 6.45) is -0.0204. The second kappa shape index (κ2) is 10.5. The van der Waals surface area contributed by atoms with E-state index < -0.39 is 0 Å². The first-order valence-electron chi connectivity index (χ1n) is 8.30. The van der Waals surface area contributed by atoms with E-state index in [4.69, 9.17) is 9.47 Å². The number of para-hydroxylation sites is 1. The summed E-state index contributed by atoms with van der Waals surface area (Å²) >= 11 is 0. The molecule has 24 heavy (non-hydrogen) atoms. The normalized spacial score (nSPS) is 13.8. The minimum Gasteiger partial charge on any atom is -0.489 e. The molecule has 0 bridgehead atoms. The van der Waals surface area contributed by atoms with Gasteiger partial charge in [-0.25, -0.2) is 0 Å². The van der Waals surface area contributed by atoms with Crippen LogP contribution in [0, 0.1) is 12.8 Å². The topological polar surface area (TPSA) is 72.0 Å². The average molecular weight is 335 g/mol. The van der Waals surface area contributed by atoms with Crippen LogP contribution in [-0.2, 0) is 9.53 Å². The molecular formula is C18H29N3O3. The van der Waals surface area contributed by atoms with Gasteiger partial charge in [0.05, 0.1) is 26.1 Å². The maximum Gasteiger partial charge on any atom is 0.310 e. The van der Waals surface area contributed by atoms with E-state index in [1.807, 2.05) is 45.0 Å². The standard InChI is InChI=1S/C18H29N3O3/c1-6-19-18(20-11-14(3)17(22)23-5)21-12-15(4)24-16-10-8-7-9-13(16)2/h7-10,14-15H,6,11-12H2,1-5H3,(H2,19,20,21). The third kappa shape index (κ3) is 6.89. The van der Waals surface area contributed by atoms with Gasteiger partial charge in [-0.2, -0.15) is 0 Å². The molecule has 0 amide bonds. The second-order valence-corrected chi connectivity index (χ2v) is 5.72. The van der Waals surface area contributed by atoms with Crippen LogP contribution in [0.4, 0.5) is 0 Å². The lowest BCUT2D eigenvalue weighted by Gasteiger charge is -2.19. The lowest BCUT2D eigenvalue weighted by Crippen LogP contribution is -2.42. The van der Waals surface area contributed by atoms with E-state index in [1.54, 1.807) is 6.92 Å². The fourth-order valence-electron chi connectivity index (χ4n) is 2.03. The van der Waals surface area contributed by atoms with Crippen LogP contribution in [0.3, 0.4) is 0 Å². The number of nitrogens with zero attached hydrogens (tertiary/aromatic N) is 1. The van der Waals surface area contributed by atoms with Crippen molar-refractivity contribution < 1.29 is 14.3 Å². The molecule has 0 aliphatic rings. The van der Waals surface area contributed by atoms with Crippen LogP contribution < -0.4 is 15.4 Å². The highest BCUT2D eigenvalue weighted by Gasteiger charge is 2.13. The number of ether oxygens (including phenoxy) is 2. The van der Waals surface area contributed by atoms with Crippen LogP contribution in [-0.4, -0.2) is 44.8 Å². The number of nitrogens with one attached hydrogen (secondary N) is 2. The molecule has 2 N–H and O–H groups in total. The zero-order chi connectivity index (χ0) is 17.9. The Hall–Kier alpha value is -2.24. The molecule has 2 unspecified atom stereocenters. The van der Waals surface area contributed by atoms with Crippen LogP contribution in [0.15, 0.2) is 29.3 Å². The number of carbonyl (C=O) groups excluding carboxylic acids is 1. The summed E-state index contributed by atoms with van der Waals surface area (Å²) in [6, 6.07) is 7.93. The van der Waals surface area contributed by atoms with Gasteiger partial charge in [0.1, 0.15) is 11.9 Å². The van der Waals surface area contributed by atoms with Crippen LogP contribution >= 0.6 is 0 Å². The van der Waals surface area contributed by atoms with Crippen molar-refractivity contribution in [2.45, 2.75) is 33.8 Å². The van der Waals surface area contributed by atoms with Crippen molar-refractivity contribution in [1.82, 2.24) is 10.6 Å². The van der Waals surface area contributed by atoms with E-state index in [0.717, 1.165) is 17.9 Å². The summed E-state index contributed by atoms with van der Waals surface area (Å²) in [5.41, 5.74) is 1.11. The first-order chi connectivity index (χ1) is 11.5. The summed E-state index contributed by atoms with van der Waals surface area (Å²) in [7, 11) is 1.39. The molecule has 0 aromatic heterocycles. The molecule has 0 aliphatic carbocycles. The smallest absolute Gasteiger partial charge is 0.310 e. The van der Waals surface area contributed by atoms with Crippen molar-refractivity contribution >= 4 is 11.9 Å². The van der Waals surface area contributed by atoms with Gasteiger partial charge in [0.15, 0.2) is 5.96 Å². The van der Waals surface area contributed by atoms with Gasteiger partial charge in [0.25, 0.3) is 0 Å². The van der Waals surface area contributed by atoms with E-state index in [0.29, 0.717) is 19.0 Å². The van der Waals surface area contributed by atoms with E-state index in [1.165, 1.54) is 7.11 Å². The third-order valence-electron chi connectivity index (χ3n) is 3.45. The zero-order valence-corrected chi connectivity index (χ0v) is 15.3. The molecule has 1 aromatic rings. The quantitative estimate of drug-likeness (QED) is 0.433. The highest BCUT2D eigenvalue weighted by Crippen LogP contribution is 2.17. The SMILES string of the molecule is CCNC(=NCC(C)C(=O)OC)NCC(C)Oc1ccccc1C. The number of benzene rings is 1. The van der Waals surface area contributed by atoms with Gasteiger partial charge in [-0.05, 0) is 32.4 Å². The molecule has 0 saturated carbocycles. The van der Waals surface area contributed by atoms with Crippen molar-refractivity contribution in [1.29, 1.82) is 0 Å². The van der Waals surface area contributed by atoms with Crippen molar-refractivity contribution in [2.75, 3.05) is 26.7 Å². The Labute approximate surface area is 144 Å². The molecular weight excluding hydrogens is 306 g/mol. The van der Waals surface area contributed by atoms with E-state index >= 15 is 0 Å². The van der Waals surface area contributed by atoms with E-state index in [9.17, 15) is 4.79 Å². The number of esters is 1. The Bertz CT molecular complexity index is 546. The molecule has 0 spiro atoms. The molecule has 1 rings (SSSR count). The maximum atomic E-state index is 11.4. The monoisotopic (exact) mass is 335 g/mol. The molecule has 0 radical (unpaired) electrons. The molecule has 0 aliphatic heterocycles. The van der Waals surface area contributed by atoms with Gasteiger partial charge in [0.2, 0.25) is 0 Å². The Morgan fingerprint density at radius 3 is 2.58 bits per heavy atom. The number of rotatable bonds is 8. The van der Waals surface area contributed by atoms with Gasteiger partial charge in [0, 0.05) is 6.54 Å². The fraction of sp³-hybridized carbons (Fsp3) is 0.556. The predicted molar refractivity (Wildman–Crippen MR) is 96.4 cm³/mol. The summed E-state index contributed by atoms with van der Waals surface area (Å²) in [4.78, 5) is 15.8. The summed E-state index contributed by atoms with van der Waals surface area (Å²) in [5.74, 6) is 1.01. The molecule has 0 heterocycles. The average Bonchev–Trinajstić information content (AvgIpc) is 2.58. The highest BCUT2D eigenvalue weighted by atomic mass is 16.5. The molecule has 6 heteroatoms. The van der Waals surface area contributed by atoms with E-state index in [2.05, 4.69) is 15.6 Å². The van der Waals surface area contributed by atoms with Crippen molar-refractivity contribution in [3.8, 4) is 5.75 Å². The predicted octanol–water partition coefficient (Wildman–Crippen LogP) is 2.13. The van der Waals surface area contributed by atoms with Crippen LogP contribution in [0.1, 0.15) is 26.3 Å². The molecule has 6 nitrogen and oxygen atoms in total. The largest absolute Gasteiger partial charge is 0.489 e. The summed E-state index contributed by atoms with van der Waals surface area (Å²) in [5, 5.41) is 6.39. The van der Waals surface area contributed by atoms with Gasteiger partial charge >= 0.3 is 5.97 Å².